The van der Waals surface area contributed by atoms with Gasteiger partial charge in [-0.3, -0.25) is 9.59 Å². The summed E-state index contributed by atoms with van der Waals surface area (Å²) in [5.74, 6) is -0.951. The summed E-state index contributed by atoms with van der Waals surface area (Å²) >= 11 is 0. The van der Waals surface area contributed by atoms with Crippen molar-refractivity contribution in [2.24, 2.45) is 0 Å². The van der Waals surface area contributed by atoms with E-state index >= 15 is 0 Å². The van der Waals surface area contributed by atoms with Gasteiger partial charge in [0.05, 0.1) is 17.4 Å². The quantitative estimate of drug-likeness (QED) is 0.887. The number of benzene rings is 1. The molecule has 0 saturated carbocycles. The van der Waals surface area contributed by atoms with Gasteiger partial charge in [-0.2, -0.15) is 0 Å². The van der Waals surface area contributed by atoms with E-state index in [9.17, 15) is 14.0 Å². The summed E-state index contributed by atoms with van der Waals surface area (Å²) in [5, 5.41) is 5.30. The van der Waals surface area contributed by atoms with Gasteiger partial charge < -0.3 is 10.6 Å². The van der Waals surface area contributed by atoms with Crippen LogP contribution in [-0.2, 0) is 4.79 Å². The molecule has 0 fully saturated rings. The van der Waals surface area contributed by atoms with Gasteiger partial charge in [-0.15, -0.1) is 0 Å². The Labute approximate surface area is 133 Å². The zero-order valence-electron chi connectivity index (χ0n) is 13.0. The minimum Gasteiger partial charge on any atom is -0.325 e. The van der Waals surface area contributed by atoms with E-state index in [1.807, 2.05) is 6.92 Å². The van der Waals surface area contributed by atoms with Crippen LogP contribution in [0.4, 0.5) is 15.9 Å². The SMILES string of the molecule is CCCC(=O)Nc1cnc(NC(=O)c2ccccc2F)cc1C. The van der Waals surface area contributed by atoms with Crippen LogP contribution in [0.3, 0.4) is 0 Å². The largest absolute Gasteiger partial charge is 0.325 e. The van der Waals surface area contributed by atoms with Gasteiger partial charge in [-0.25, -0.2) is 9.37 Å². The van der Waals surface area contributed by atoms with E-state index in [4.69, 9.17) is 0 Å². The van der Waals surface area contributed by atoms with Crippen LogP contribution < -0.4 is 10.6 Å². The third kappa shape index (κ3) is 4.35. The Hall–Kier alpha value is -2.76. The molecule has 0 unspecified atom stereocenters. The van der Waals surface area contributed by atoms with Crippen LogP contribution in [0.15, 0.2) is 36.5 Å². The van der Waals surface area contributed by atoms with Crippen LogP contribution >= 0.6 is 0 Å². The molecule has 0 spiro atoms. The van der Waals surface area contributed by atoms with E-state index in [0.717, 1.165) is 12.0 Å². The molecule has 1 aromatic heterocycles. The highest BCUT2D eigenvalue weighted by Gasteiger charge is 2.12. The molecule has 23 heavy (non-hydrogen) atoms. The Kier molecular flexibility index (Phi) is 5.41. The molecule has 2 rings (SSSR count). The van der Waals surface area contributed by atoms with Gasteiger partial charge in [0, 0.05) is 6.42 Å². The van der Waals surface area contributed by atoms with Crippen LogP contribution in [-0.4, -0.2) is 16.8 Å². The molecule has 5 nitrogen and oxygen atoms in total. The number of pyridine rings is 1. The molecule has 0 saturated heterocycles. The van der Waals surface area contributed by atoms with Crippen LogP contribution in [0.2, 0.25) is 0 Å². The zero-order valence-corrected chi connectivity index (χ0v) is 13.0. The number of halogens is 1. The van der Waals surface area contributed by atoms with Gasteiger partial charge in [0.25, 0.3) is 5.91 Å². The average Bonchev–Trinajstić information content (AvgIpc) is 2.50. The number of hydrogen-bond donors (Lipinski definition) is 2. The van der Waals surface area contributed by atoms with Crippen molar-refractivity contribution in [1.82, 2.24) is 4.98 Å². The predicted molar refractivity (Wildman–Crippen MR) is 86.9 cm³/mol. The van der Waals surface area contributed by atoms with E-state index in [1.54, 1.807) is 19.1 Å². The molecule has 2 amide bonds. The van der Waals surface area contributed by atoms with Crippen LogP contribution in [0.1, 0.15) is 35.7 Å². The first-order chi connectivity index (χ1) is 11.0. The first-order valence-corrected chi connectivity index (χ1v) is 7.33. The lowest BCUT2D eigenvalue weighted by Crippen LogP contribution is -2.16. The summed E-state index contributed by atoms with van der Waals surface area (Å²) in [6, 6.07) is 7.35. The molecule has 0 bridgehead atoms. The first-order valence-electron chi connectivity index (χ1n) is 7.33. The fourth-order valence-corrected chi connectivity index (χ4v) is 2.02. The van der Waals surface area contributed by atoms with E-state index in [2.05, 4.69) is 15.6 Å². The lowest BCUT2D eigenvalue weighted by Gasteiger charge is -2.10. The maximum Gasteiger partial charge on any atom is 0.259 e. The maximum absolute atomic E-state index is 13.6. The first kappa shape index (κ1) is 16.6. The van der Waals surface area contributed by atoms with E-state index in [1.165, 1.54) is 24.4 Å². The number of hydrogen-bond acceptors (Lipinski definition) is 3. The number of anilines is 2. The summed E-state index contributed by atoms with van der Waals surface area (Å²) in [6.45, 7) is 3.72. The summed E-state index contributed by atoms with van der Waals surface area (Å²) in [4.78, 5) is 27.7. The number of carbonyl (C=O) groups is 2. The van der Waals surface area contributed by atoms with Crippen LogP contribution in [0.5, 0.6) is 0 Å². The van der Waals surface area contributed by atoms with Gasteiger partial charge in [0.15, 0.2) is 0 Å². The third-order valence-electron chi connectivity index (χ3n) is 3.22. The molecule has 2 N–H and O–H groups in total. The molecule has 0 radical (unpaired) electrons. The number of amides is 2. The van der Waals surface area contributed by atoms with Crippen molar-refractivity contribution >= 4 is 23.3 Å². The van der Waals surface area contributed by atoms with Gasteiger partial charge >= 0.3 is 0 Å². The molecule has 0 aliphatic carbocycles. The molecule has 120 valence electrons. The van der Waals surface area contributed by atoms with Crippen molar-refractivity contribution < 1.29 is 14.0 Å². The van der Waals surface area contributed by atoms with Crippen molar-refractivity contribution in [2.45, 2.75) is 26.7 Å². The second kappa shape index (κ2) is 7.49. The smallest absolute Gasteiger partial charge is 0.259 e. The number of nitrogens with one attached hydrogen (secondary N) is 2. The van der Waals surface area contributed by atoms with Gasteiger partial charge in [-0.05, 0) is 37.1 Å². The van der Waals surface area contributed by atoms with Gasteiger partial charge in [0.2, 0.25) is 5.91 Å². The number of carbonyl (C=O) groups excluding carboxylic acids is 2. The van der Waals surface area contributed by atoms with Gasteiger partial charge in [-0.1, -0.05) is 19.1 Å². The van der Waals surface area contributed by atoms with Crippen molar-refractivity contribution in [3.05, 3.63) is 53.5 Å². The molecule has 0 atom stereocenters. The fourth-order valence-electron chi connectivity index (χ4n) is 2.02. The topological polar surface area (TPSA) is 71.1 Å². The van der Waals surface area contributed by atoms with Crippen molar-refractivity contribution in [2.75, 3.05) is 10.6 Å². The molecule has 0 aliphatic heterocycles. The Morgan fingerprint density at radius 1 is 1.22 bits per heavy atom. The molecular weight excluding hydrogens is 297 g/mol. The molecule has 2 aromatic rings. The Balaban J connectivity index is 2.10. The van der Waals surface area contributed by atoms with Crippen molar-refractivity contribution in [3.8, 4) is 0 Å². The lowest BCUT2D eigenvalue weighted by molar-refractivity contribution is -0.116. The molecule has 1 heterocycles. The maximum atomic E-state index is 13.6. The molecular formula is C17H18FN3O2. The zero-order chi connectivity index (χ0) is 16.8. The number of nitrogens with zero attached hydrogens (tertiary/aromatic N) is 1. The van der Waals surface area contributed by atoms with Gasteiger partial charge in [0.1, 0.15) is 11.6 Å². The Morgan fingerprint density at radius 3 is 2.61 bits per heavy atom. The standard InChI is InChI=1S/C17H18FN3O2/c1-3-6-16(22)20-14-10-19-15(9-11(14)2)21-17(23)12-7-4-5-8-13(12)18/h4-5,7-10H,3,6H2,1-2H3,(H,20,22)(H,19,21,23). The Morgan fingerprint density at radius 2 is 1.96 bits per heavy atom. The normalized spacial score (nSPS) is 10.2. The summed E-state index contributed by atoms with van der Waals surface area (Å²) in [6.07, 6.45) is 2.67. The van der Waals surface area contributed by atoms with Crippen LogP contribution in [0.25, 0.3) is 0 Å². The van der Waals surface area contributed by atoms with E-state index < -0.39 is 11.7 Å². The fraction of sp³-hybridized carbons (Fsp3) is 0.235. The second-order valence-corrected chi connectivity index (χ2v) is 5.12. The molecule has 1 aromatic carbocycles. The number of rotatable bonds is 5. The van der Waals surface area contributed by atoms with Crippen molar-refractivity contribution in [1.29, 1.82) is 0 Å². The molecule has 0 aliphatic rings. The average molecular weight is 315 g/mol. The predicted octanol–water partition coefficient (Wildman–Crippen LogP) is 3.52. The summed E-state index contributed by atoms with van der Waals surface area (Å²) < 4.78 is 13.6. The van der Waals surface area contributed by atoms with Crippen LogP contribution in [0, 0.1) is 12.7 Å². The highest BCUT2D eigenvalue weighted by Crippen LogP contribution is 2.18. The van der Waals surface area contributed by atoms with E-state index in [0.29, 0.717) is 17.9 Å². The van der Waals surface area contributed by atoms with E-state index in [-0.39, 0.29) is 11.5 Å². The third-order valence-corrected chi connectivity index (χ3v) is 3.22. The second-order valence-electron chi connectivity index (χ2n) is 5.12. The summed E-state index contributed by atoms with van der Waals surface area (Å²) in [7, 11) is 0. The monoisotopic (exact) mass is 315 g/mol. The number of aromatic nitrogens is 1. The summed E-state index contributed by atoms with van der Waals surface area (Å²) in [5.41, 5.74) is 1.30. The lowest BCUT2D eigenvalue weighted by atomic mass is 10.2. The minimum absolute atomic E-state index is 0.0488. The minimum atomic E-state index is -0.592. The molecule has 6 heteroatoms. The Bertz CT molecular complexity index is 732. The highest BCUT2D eigenvalue weighted by atomic mass is 19.1. The van der Waals surface area contributed by atoms with Crippen molar-refractivity contribution in [3.63, 3.8) is 0 Å². The highest BCUT2D eigenvalue weighted by molar-refractivity contribution is 6.04. The number of aryl methyl sites for hydroxylation is 1.